The number of carbonyl (C=O) groups excluding carboxylic acids is 2. The van der Waals surface area contributed by atoms with E-state index >= 15 is 0 Å². The summed E-state index contributed by atoms with van der Waals surface area (Å²) >= 11 is 0. The van der Waals surface area contributed by atoms with E-state index in [-0.39, 0.29) is 24.2 Å². The van der Waals surface area contributed by atoms with Crippen LogP contribution in [0.1, 0.15) is 37.0 Å². The highest BCUT2D eigenvalue weighted by Gasteiger charge is 2.47. The Balaban J connectivity index is 1.65. The van der Waals surface area contributed by atoms with Crippen LogP contribution in [0.2, 0.25) is 0 Å². The number of Topliss-reactive ketones (excluding diaryl/α,β-unsaturated/α-hetero) is 1. The Morgan fingerprint density at radius 3 is 2.56 bits per heavy atom. The van der Waals surface area contributed by atoms with Crippen molar-refractivity contribution in [2.45, 2.75) is 32.8 Å². The number of carbonyl (C=O) groups is 3. The Morgan fingerprint density at radius 2 is 1.96 bits per heavy atom. The number of likely N-dealkylation sites (tertiary alicyclic amines) is 1. The summed E-state index contributed by atoms with van der Waals surface area (Å²) < 4.78 is 5.70. The molecule has 134 valence electrons. The molecule has 1 saturated heterocycles. The maximum Gasteiger partial charge on any atom is 0.308 e. The van der Waals surface area contributed by atoms with Gasteiger partial charge >= 0.3 is 5.97 Å². The van der Waals surface area contributed by atoms with E-state index < -0.39 is 18.0 Å². The number of rotatable bonds is 6. The van der Waals surface area contributed by atoms with E-state index in [9.17, 15) is 19.5 Å². The van der Waals surface area contributed by atoms with Gasteiger partial charge in [-0.2, -0.15) is 0 Å². The highest BCUT2D eigenvalue weighted by Crippen LogP contribution is 2.44. The first-order valence-electron chi connectivity index (χ1n) is 8.66. The predicted octanol–water partition coefficient (Wildman–Crippen LogP) is 2.23. The molecule has 3 atom stereocenters. The Labute approximate surface area is 146 Å². The molecular weight excluding hydrogens is 322 g/mol. The summed E-state index contributed by atoms with van der Waals surface area (Å²) in [7, 11) is 0. The number of hydrogen-bond acceptors (Lipinski definition) is 4. The molecule has 2 fully saturated rings. The highest BCUT2D eigenvalue weighted by molar-refractivity contribution is 5.94. The van der Waals surface area contributed by atoms with Crippen molar-refractivity contribution in [3.05, 3.63) is 29.8 Å². The molecule has 1 saturated carbocycles. The lowest BCUT2D eigenvalue weighted by molar-refractivity contribution is -0.143. The van der Waals surface area contributed by atoms with E-state index in [0.717, 1.165) is 12.8 Å². The fourth-order valence-electron chi connectivity index (χ4n) is 3.57. The number of ether oxygens (including phenoxy) is 1. The zero-order valence-electron chi connectivity index (χ0n) is 14.5. The smallest absolute Gasteiger partial charge is 0.308 e. The van der Waals surface area contributed by atoms with E-state index in [0.29, 0.717) is 23.8 Å². The summed E-state index contributed by atoms with van der Waals surface area (Å²) in [5, 5.41) is 9.42. The van der Waals surface area contributed by atoms with Crippen LogP contribution in [0, 0.1) is 17.8 Å². The van der Waals surface area contributed by atoms with Gasteiger partial charge in [-0.1, -0.05) is 12.1 Å². The summed E-state index contributed by atoms with van der Waals surface area (Å²) in [6, 6.07) is 6.72. The molecule has 0 bridgehead atoms. The van der Waals surface area contributed by atoms with Crippen molar-refractivity contribution in [2.75, 3.05) is 13.1 Å². The van der Waals surface area contributed by atoms with Gasteiger partial charge in [0.2, 0.25) is 0 Å². The minimum atomic E-state index is -0.824. The molecule has 6 nitrogen and oxygen atoms in total. The Kier molecular flexibility index (Phi) is 4.79. The Hall–Kier alpha value is -2.37. The van der Waals surface area contributed by atoms with Crippen molar-refractivity contribution >= 4 is 17.7 Å². The van der Waals surface area contributed by atoms with E-state index in [1.165, 1.54) is 6.92 Å². The number of benzene rings is 1. The second-order valence-corrected chi connectivity index (χ2v) is 7.03. The van der Waals surface area contributed by atoms with Gasteiger partial charge in [0, 0.05) is 18.7 Å². The van der Waals surface area contributed by atoms with Crippen LogP contribution in [-0.4, -0.2) is 46.9 Å². The fourth-order valence-corrected chi connectivity index (χ4v) is 3.57. The monoisotopic (exact) mass is 345 g/mol. The van der Waals surface area contributed by atoms with Crippen molar-refractivity contribution in [3.63, 3.8) is 0 Å². The van der Waals surface area contributed by atoms with Crippen LogP contribution in [0.5, 0.6) is 5.75 Å². The van der Waals surface area contributed by atoms with Gasteiger partial charge in [-0.05, 0) is 50.7 Å². The van der Waals surface area contributed by atoms with Gasteiger partial charge in [-0.3, -0.25) is 14.4 Å². The van der Waals surface area contributed by atoms with Crippen LogP contribution >= 0.6 is 0 Å². The minimum Gasteiger partial charge on any atom is -0.481 e. The molecule has 1 unspecified atom stereocenters. The summed E-state index contributed by atoms with van der Waals surface area (Å²) in [5.41, 5.74) is 0.526. The highest BCUT2D eigenvalue weighted by atomic mass is 16.5. The van der Waals surface area contributed by atoms with E-state index in [4.69, 9.17) is 4.74 Å². The largest absolute Gasteiger partial charge is 0.481 e. The molecule has 25 heavy (non-hydrogen) atoms. The molecule has 2 aliphatic rings. The molecule has 3 rings (SSSR count). The first-order chi connectivity index (χ1) is 11.9. The molecule has 1 heterocycles. The maximum atomic E-state index is 12.7. The number of carboxylic acid groups (broad SMARTS) is 1. The van der Waals surface area contributed by atoms with Gasteiger partial charge < -0.3 is 14.7 Å². The fraction of sp³-hybridized carbons (Fsp3) is 0.526. The van der Waals surface area contributed by atoms with Crippen LogP contribution < -0.4 is 4.74 Å². The molecule has 0 spiro atoms. The van der Waals surface area contributed by atoms with Crippen LogP contribution in [0.3, 0.4) is 0 Å². The number of carboxylic acids is 1. The molecule has 6 heteroatoms. The van der Waals surface area contributed by atoms with Gasteiger partial charge in [-0.15, -0.1) is 0 Å². The van der Waals surface area contributed by atoms with Crippen LogP contribution in [0.4, 0.5) is 0 Å². The zero-order chi connectivity index (χ0) is 18.1. The normalized spacial score (nSPS) is 24.0. The van der Waals surface area contributed by atoms with E-state index in [1.54, 1.807) is 36.1 Å². The second-order valence-electron chi connectivity index (χ2n) is 7.03. The number of nitrogens with zero attached hydrogens (tertiary/aromatic N) is 1. The maximum absolute atomic E-state index is 12.7. The third-order valence-electron chi connectivity index (χ3n) is 5.12. The average molecular weight is 345 g/mol. The lowest BCUT2D eigenvalue weighted by atomic mass is 9.92. The molecule has 1 N–H and O–H groups in total. The standard InChI is InChI=1S/C19H23NO5/c1-11(21)14-4-3-5-15(8-14)25-12(2)18(22)20-9-16(13-6-7-13)17(10-20)19(23)24/h3-5,8,12-13,16-17H,6-7,9-10H2,1-2H3,(H,23,24)/t12?,16-,17+/m1/s1. The van der Waals surface area contributed by atoms with Gasteiger partial charge in [0.15, 0.2) is 11.9 Å². The zero-order valence-corrected chi connectivity index (χ0v) is 14.5. The molecule has 0 radical (unpaired) electrons. The third kappa shape index (κ3) is 3.83. The number of amides is 1. The number of hydrogen-bond donors (Lipinski definition) is 1. The van der Waals surface area contributed by atoms with E-state index in [2.05, 4.69) is 0 Å². The molecule has 1 amide bonds. The Morgan fingerprint density at radius 1 is 1.24 bits per heavy atom. The van der Waals surface area contributed by atoms with Crippen LogP contribution in [0.15, 0.2) is 24.3 Å². The Bertz CT molecular complexity index is 697. The molecular formula is C19H23NO5. The van der Waals surface area contributed by atoms with Crippen molar-refractivity contribution in [1.82, 2.24) is 4.90 Å². The quantitative estimate of drug-likeness (QED) is 0.799. The van der Waals surface area contributed by atoms with E-state index in [1.807, 2.05) is 0 Å². The lowest BCUT2D eigenvalue weighted by Gasteiger charge is -2.22. The van der Waals surface area contributed by atoms with Crippen LogP contribution in [0.25, 0.3) is 0 Å². The van der Waals surface area contributed by atoms with Gasteiger partial charge in [0.1, 0.15) is 5.75 Å². The minimum absolute atomic E-state index is 0.0506. The molecule has 0 aromatic heterocycles. The molecule has 1 aromatic carbocycles. The van der Waals surface area contributed by atoms with Crippen molar-refractivity contribution in [2.24, 2.45) is 17.8 Å². The molecule has 1 aliphatic heterocycles. The topological polar surface area (TPSA) is 83.9 Å². The summed E-state index contributed by atoms with van der Waals surface area (Å²) in [6.45, 7) is 3.86. The summed E-state index contributed by atoms with van der Waals surface area (Å²) in [4.78, 5) is 37.2. The van der Waals surface area contributed by atoms with Gasteiger partial charge in [0.25, 0.3) is 5.91 Å². The SMILES string of the molecule is CC(=O)c1cccc(OC(C)C(=O)N2C[C@H](C(=O)O)[C@@H](C3CC3)C2)c1. The average Bonchev–Trinajstić information content (AvgIpc) is 3.32. The summed E-state index contributed by atoms with van der Waals surface area (Å²) in [6.07, 6.45) is 1.38. The van der Waals surface area contributed by atoms with Crippen LogP contribution in [-0.2, 0) is 9.59 Å². The van der Waals surface area contributed by atoms with Gasteiger partial charge in [0.05, 0.1) is 5.92 Å². The molecule has 1 aromatic rings. The van der Waals surface area contributed by atoms with Crippen molar-refractivity contribution in [1.29, 1.82) is 0 Å². The summed E-state index contributed by atoms with van der Waals surface area (Å²) in [5.74, 6) is -0.638. The third-order valence-corrected chi connectivity index (χ3v) is 5.12. The first-order valence-corrected chi connectivity index (χ1v) is 8.66. The molecule has 1 aliphatic carbocycles. The lowest BCUT2D eigenvalue weighted by Crippen LogP contribution is -2.39. The first kappa shape index (κ1) is 17.5. The van der Waals surface area contributed by atoms with Gasteiger partial charge in [-0.25, -0.2) is 0 Å². The van der Waals surface area contributed by atoms with Crippen molar-refractivity contribution < 1.29 is 24.2 Å². The predicted molar refractivity (Wildman–Crippen MR) is 90.5 cm³/mol. The van der Waals surface area contributed by atoms with Crippen molar-refractivity contribution in [3.8, 4) is 5.75 Å². The number of aliphatic carboxylic acids is 1. The number of ketones is 1. The second kappa shape index (κ2) is 6.86.